The summed E-state index contributed by atoms with van der Waals surface area (Å²) in [7, 11) is 0. The number of hydrogen-bond donors (Lipinski definition) is 1. The molecule has 0 radical (unpaired) electrons. The molecule has 11 heavy (non-hydrogen) atoms. The molecule has 0 aromatic carbocycles. The number of nitrogens with zero attached hydrogens (tertiary/aromatic N) is 1. The molecule has 2 rings (SSSR count). The first-order valence-corrected chi connectivity index (χ1v) is 3.28. The van der Waals surface area contributed by atoms with E-state index in [0.29, 0.717) is 5.56 Å². The van der Waals surface area contributed by atoms with Crippen molar-refractivity contribution in [2.45, 2.75) is 0 Å². The summed E-state index contributed by atoms with van der Waals surface area (Å²) in [6.07, 6.45) is 5.86. The average Bonchev–Trinajstić information content (AvgIpc) is 2.50. The van der Waals surface area contributed by atoms with E-state index >= 15 is 0 Å². The van der Waals surface area contributed by atoms with Gasteiger partial charge < -0.3 is 4.98 Å². The number of hydrogen-bond acceptors (Lipinski definition) is 2. The summed E-state index contributed by atoms with van der Waals surface area (Å²) >= 11 is 0. The van der Waals surface area contributed by atoms with Gasteiger partial charge in [-0.05, 0) is 6.07 Å². The van der Waals surface area contributed by atoms with Gasteiger partial charge in [-0.15, -0.1) is 0 Å². The first-order valence-electron chi connectivity index (χ1n) is 3.28. The van der Waals surface area contributed by atoms with Crippen molar-refractivity contribution in [3.8, 4) is 0 Å². The number of fused-ring (bicyclic) bond motifs is 1. The van der Waals surface area contributed by atoms with Gasteiger partial charge in [-0.3, -0.25) is 9.78 Å². The molecule has 0 spiro atoms. The maximum Gasteiger partial charge on any atom is 0.152 e. The third kappa shape index (κ3) is 0.816. The molecule has 0 saturated heterocycles. The monoisotopic (exact) mass is 146 g/mol. The number of carbonyl (C=O) groups excluding carboxylic acids is 1. The summed E-state index contributed by atoms with van der Waals surface area (Å²) in [5, 5.41) is 0.926. The predicted octanol–water partition coefficient (Wildman–Crippen LogP) is 1.38. The topological polar surface area (TPSA) is 45.8 Å². The van der Waals surface area contributed by atoms with Crippen molar-refractivity contribution in [3.05, 3.63) is 30.2 Å². The molecule has 0 unspecified atom stereocenters. The van der Waals surface area contributed by atoms with Crippen LogP contribution in [-0.2, 0) is 0 Å². The lowest BCUT2D eigenvalue weighted by atomic mass is 10.2. The van der Waals surface area contributed by atoms with Crippen molar-refractivity contribution in [1.29, 1.82) is 0 Å². The minimum Gasteiger partial charge on any atom is -0.360 e. The second-order valence-electron chi connectivity index (χ2n) is 2.29. The van der Waals surface area contributed by atoms with Crippen LogP contribution in [0, 0.1) is 0 Å². The molecule has 3 heteroatoms. The number of aromatic nitrogens is 2. The molecule has 1 N–H and O–H groups in total. The molecular formula is C8H6N2O. The summed E-state index contributed by atoms with van der Waals surface area (Å²) < 4.78 is 0. The molecule has 2 aromatic rings. The highest BCUT2D eigenvalue weighted by Crippen LogP contribution is 2.13. The number of pyridine rings is 1. The Kier molecular flexibility index (Phi) is 1.22. The molecule has 3 nitrogen and oxygen atoms in total. The summed E-state index contributed by atoms with van der Waals surface area (Å²) in [5.41, 5.74) is 1.53. The van der Waals surface area contributed by atoms with Gasteiger partial charge in [0, 0.05) is 23.3 Å². The van der Waals surface area contributed by atoms with E-state index in [2.05, 4.69) is 9.97 Å². The Labute approximate surface area is 63.1 Å². The molecule has 0 saturated carbocycles. The summed E-state index contributed by atoms with van der Waals surface area (Å²) in [6, 6.07) is 1.86. The van der Waals surface area contributed by atoms with Crippen molar-refractivity contribution in [3.63, 3.8) is 0 Å². The quantitative estimate of drug-likeness (QED) is 0.617. The van der Waals surface area contributed by atoms with Crippen molar-refractivity contribution in [1.82, 2.24) is 9.97 Å². The number of rotatable bonds is 1. The number of aromatic amines is 1. The van der Waals surface area contributed by atoms with E-state index in [1.54, 1.807) is 18.6 Å². The third-order valence-corrected chi connectivity index (χ3v) is 1.63. The van der Waals surface area contributed by atoms with Crippen LogP contribution in [-0.4, -0.2) is 16.3 Å². The number of H-pyrrole nitrogens is 1. The van der Waals surface area contributed by atoms with Gasteiger partial charge in [-0.2, -0.15) is 0 Å². The van der Waals surface area contributed by atoms with Crippen molar-refractivity contribution in [2.75, 3.05) is 0 Å². The zero-order chi connectivity index (χ0) is 7.68. The van der Waals surface area contributed by atoms with Crippen molar-refractivity contribution < 1.29 is 4.79 Å². The van der Waals surface area contributed by atoms with Crippen LogP contribution < -0.4 is 0 Å². The normalized spacial score (nSPS) is 10.2. The van der Waals surface area contributed by atoms with E-state index in [1.165, 1.54) is 0 Å². The Bertz CT molecular complexity index is 392. The van der Waals surface area contributed by atoms with Crippen LogP contribution in [0.4, 0.5) is 0 Å². The highest BCUT2D eigenvalue weighted by atomic mass is 16.1. The SMILES string of the molecule is O=Cc1cncc2[nH]ccc12. The Balaban J connectivity index is 2.88. The molecule has 0 aliphatic rings. The standard InChI is InChI=1S/C8H6N2O/c11-5-6-3-9-4-8-7(6)1-2-10-8/h1-5,10H. The molecule has 0 atom stereocenters. The van der Waals surface area contributed by atoms with Crippen LogP contribution in [0.25, 0.3) is 10.9 Å². The van der Waals surface area contributed by atoms with Gasteiger partial charge in [-0.25, -0.2) is 0 Å². The smallest absolute Gasteiger partial charge is 0.152 e. The van der Waals surface area contributed by atoms with E-state index < -0.39 is 0 Å². The van der Waals surface area contributed by atoms with Crippen molar-refractivity contribution in [2.24, 2.45) is 0 Å². The molecule has 54 valence electrons. The molecule has 0 aliphatic carbocycles. The second-order valence-corrected chi connectivity index (χ2v) is 2.29. The average molecular weight is 146 g/mol. The lowest BCUT2D eigenvalue weighted by Gasteiger charge is -1.90. The molecule has 0 bridgehead atoms. The van der Waals surface area contributed by atoms with Gasteiger partial charge in [0.2, 0.25) is 0 Å². The highest BCUT2D eigenvalue weighted by Gasteiger charge is 1.98. The van der Waals surface area contributed by atoms with Crippen molar-refractivity contribution >= 4 is 17.2 Å². The van der Waals surface area contributed by atoms with Gasteiger partial charge in [0.05, 0.1) is 11.7 Å². The summed E-state index contributed by atoms with van der Waals surface area (Å²) in [6.45, 7) is 0. The van der Waals surface area contributed by atoms with Crippen LogP contribution in [0.3, 0.4) is 0 Å². The van der Waals surface area contributed by atoms with E-state index in [1.807, 2.05) is 6.07 Å². The van der Waals surface area contributed by atoms with E-state index in [-0.39, 0.29) is 0 Å². The Morgan fingerprint density at radius 2 is 2.36 bits per heavy atom. The van der Waals surface area contributed by atoms with E-state index in [9.17, 15) is 4.79 Å². The lowest BCUT2D eigenvalue weighted by molar-refractivity contribution is 0.112. The third-order valence-electron chi connectivity index (χ3n) is 1.63. The summed E-state index contributed by atoms with van der Waals surface area (Å²) in [4.78, 5) is 17.3. The fourth-order valence-electron chi connectivity index (χ4n) is 1.10. The van der Waals surface area contributed by atoms with Gasteiger partial charge >= 0.3 is 0 Å². The molecule has 0 amide bonds. The van der Waals surface area contributed by atoms with Gasteiger partial charge in [0.25, 0.3) is 0 Å². The van der Waals surface area contributed by atoms with Gasteiger partial charge in [0.15, 0.2) is 6.29 Å². The molecule has 0 aliphatic heterocycles. The van der Waals surface area contributed by atoms with Crippen LogP contribution in [0.1, 0.15) is 10.4 Å². The van der Waals surface area contributed by atoms with Gasteiger partial charge in [0.1, 0.15) is 0 Å². The molecule has 2 heterocycles. The Morgan fingerprint density at radius 1 is 1.45 bits per heavy atom. The maximum absolute atomic E-state index is 10.5. The Morgan fingerprint density at radius 3 is 3.18 bits per heavy atom. The largest absolute Gasteiger partial charge is 0.360 e. The first-order chi connectivity index (χ1) is 5.42. The highest BCUT2D eigenvalue weighted by molar-refractivity contribution is 5.95. The van der Waals surface area contributed by atoms with E-state index in [4.69, 9.17) is 0 Å². The zero-order valence-electron chi connectivity index (χ0n) is 5.74. The van der Waals surface area contributed by atoms with E-state index in [0.717, 1.165) is 17.2 Å². The van der Waals surface area contributed by atoms with Crippen LogP contribution in [0.5, 0.6) is 0 Å². The zero-order valence-corrected chi connectivity index (χ0v) is 5.74. The first kappa shape index (κ1) is 6.09. The number of carbonyl (C=O) groups is 1. The molecular weight excluding hydrogens is 140 g/mol. The van der Waals surface area contributed by atoms with Crippen LogP contribution >= 0.6 is 0 Å². The Hall–Kier alpha value is -1.64. The fourth-order valence-corrected chi connectivity index (χ4v) is 1.10. The molecule has 2 aromatic heterocycles. The lowest BCUT2D eigenvalue weighted by Crippen LogP contribution is -1.82. The minimum absolute atomic E-state index is 0.628. The maximum atomic E-state index is 10.5. The molecule has 0 fully saturated rings. The minimum atomic E-state index is 0.628. The predicted molar refractivity (Wildman–Crippen MR) is 41.5 cm³/mol. The fraction of sp³-hybridized carbons (Fsp3) is 0. The second kappa shape index (κ2) is 2.20. The number of nitrogens with one attached hydrogen (secondary N) is 1. The van der Waals surface area contributed by atoms with Crippen LogP contribution in [0.15, 0.2) is 24.7 Å². The van der Waals surface area contributed by atoms with Crippen LogP contribution in [0.2, 0.25) is 0 Å². The number of aldehydes is 1. The van der Waals surface area contributed by atoms with Gasteiger partial charge in [-0.1, -0.05) is 0 Å². The summed E-state index contributed by atoms with van der Waals surface area (Å²) in [5.74, 6) is 0.